The molecule has 0 bridgehead atoms. The van der Waals surface area contributed by atoms with E-state index in [1.54, 1.807) is 17.1 Å². The summed E-state index contributed by atoms with van der Waals surface area (Å²) < 4.78 is 7.78. The van der Waals surface area contributed by atoms with E-state index in [-0.39, 0.29) is 17.6 Å². The van der Waals surface area contributed by atoms with Crippen LogP contribution in [0.3, 0.4) is 0 Å². The zero-order chi connectivity index (χ0) is 18.4. The Balaban J connectivity index is 1.87. The topological polar surface area (TPSA) is 60.2 Å². The van der Waals surface area contributed by atoms with Crippen LogP contribution in [0.15, 0.2) is 24.8 Å². The lowest BCUT2D eigenvalue weighted by Crippen LogP contribution is -2.49. The molecule has 0 aliphatic carbocycles. The van der Waals surface area contributed by atoms with Gasteiger partial charge in [0.2, 0.25) is 0 Å². The van der Waals surface area contributed by atoms with Crippen molar-refractivity contribution in [2.45, 2.75) is 58.3 Å². The summed E-state index contributed by atoms with van der Waals surface area (Å²) in [5.41, 5.74) is -0.369. The summed E-state index contributed by atoms with van der Waals surface area (Å²) in [7, 11) is 0. The minimum absolute atomic E-state index is 0.117. The van der Waals surface area contributed by atoms with Gasteiger partial charge in [-0.1, -0.05) is 44.0 Å². The van der Waals surface area contributed by atoms with Crippen LogP contribution in [0.25, 0.3) is 0 Å². The first-order chi connectivity index (χ1) is 11.6. The largest absolute Gasteiger partial charge is 0.488 e. The molecule has 0 saturated heterocycles. The van der Waals surface area contributed by atoms with E-state index in [1.165, 1.54) is 6.33 Å². The van der Waals surface area contributed by atoms with Crippen LogP contribution < -0.4 is 4.74 Å². The second-order valence-corrected chi connectivity index (χ2v) is 8.69. The highest BCUT2D eigenvalue weighted by Gasteiger charge is 2.45. The van der Waals surface area contributed by atoms with E-state index in [1.807, 2.05) is 33.8 Å². The van der Waals surface area contributed by atoms with Crippen molar-refractivity contribution in [3.63, 3.8) is 0 Å². The molecule has 3 rings (SSSR count). The Labute approximate surface area is 157 Å². The third-order valence-electron chi connectivity index (χ3n) is 5.23. The van der Waals surface area contributed by atoms with Gasteiger partial charge in [-0.25, -0.2) is 9.67 Å². The third kappa shape index (κ3) is 3.50. The van der Waals surface area contributed by atoms with Gasteiger partial charge in [-0.3, -0.25) is 0 Å². The number of hydrogen-bond donors (Lipinski definition) is 1. The molecule has 3 atom stereocenters. The summed E-state index contributed by atoms with van der Waals surface area (Å²) in [6.45, 7) is 7.87. The average molecular weight is 384 g/mol. The number of nitrogens with zero attached hydrogens (tertiary/aromatic N) is 3. The molecule has 2 aromatic rings. The molecule has 136 valence electrons. The smallest absolute Gasteiger partial charge is 0.141 e. The summed E-state index contributed by atoms with van der Waals surface area (Å²) in [6, 6.07) is 3.28. The Morgan fingerprint density at radius 3 is 2.64 bits per heavy atom. The Kier molecular flexibility index (Phi) is 4.77. The molecule has 3 unspecified atom stereocenters. The lowest BCUT2D eigenvalue weighted by atomic mass is 9.71. The molecule has 0 fully saturated rings. The molecule has 1 aromatic heterocycles. The first-order valence-corrected chi connectivity index (χ1v) is 9.06. The fourth-order valence-corrected chi connectivity index (χ4v) is 3.78. The molecule has 25 heavy (non-hydrogen) atoms. The van der Waals surface area contributed by atoms with Crippen molar-refractivity contribution in [3.8, 4) is 5.75 Å². The monoisotopic (exact) mass is 383 g/mol. The molecule has 1 aliphatic heterocycles. The van der Waals surface area contributed by atoms with Crippen molar-refractivity contribution < 1.29 is 9.84 Å². The van der Waals surface area contributed by atoms with Crippen LogP contribution in [0, 0.1) is 5.41 Å². The Bertz CT molecular complexity index is 754. The average Bonchev–Trinajstić information content (AvgIpc) is 3.11. The van der Waals surface area contributed by atoms with E-state index in [0.29, 0.717) is 28.6 Å². The Morgan fingerprint density at radius 1 is 1.32 bits per heavy atom. The van der Waals surface area contributed by atoms with Crippen molar-refractivity contribution >= 4 is 23.2 Å². The van der Waals surface area contributed by atoms with Crippen LogP contribution in [0.5, 0.6) is 5.75 Å². The predicted octanol–water partition coefficient (Wildman–Crippen LogP) is 4.32. The summed E-state index contributed by atoms with van der Waals surface area (Å²) in [5, 5.41) is 16.6. The fraction of sp³-hybridized carbons (Fsp3) is 0.556. The first-order valence-electron chi connectivity index (χ1n) is 8.30. The van der Waals surface area contributed by atoms with E-state index in [2.05, 4.69) is 10.1 Å². The van der Waals surface area contributed by atoms with Crippen LogP contribution in [-0.2, 0) is 6.42 Å². The quantitative estimate of drug-likeness (QED) is 0.853. The fourth-order valence-electron chi connectivity index (χ4n) is 3.20. The van der Waals surface area contributed by atoms with E-state index >= 15 is 0 Å². The number of aromatic nitrogens is 3. The zero-order valence-electron chi connectivity index (χ0n) is 14.8. The van der Waals surface area contributed by atoms with Gasteiger partial charge >= 0.3 is 0 Å². The summed E-state index contributed by atoms with van der Waals surface area (Å²) >= 11 is 12.3. The molecular formula is C18H23Cl2N3O2. The van der Waals surface area contributed by atoms with Crippen LogP contribution in [0.1, 0.15) is 45.7 Å². The molecule has 0 radical (unpaired) electrons. The van der Waals surface area contributed by atoms with Gasteiger partial charge in [-0.2, -0.15) is 5.10 Å². The molecule has 1 aromatic carbocycles. The van der Waals surface area contributed by atoms with Gasteiger partial charge in [-0.05, 0) is 24.5 Å². The number of fused-ring (bicyclic) bond motifs is 1. The van der Waals surface area contributed by atoms with Gasteiger partial charge in [-0.15, -0.1) is 0 Å². The molecule has 5 nitrogen and oxygen atoms in total. The molecule has 0 amide bonds. The van der Waals surface area contributed by atoms with Crippen LogP contribution in [-0.4, -0.2) is 31.6 Å². The standard InChI is InChI=1S/C18H23Cl2N3O2/c1-17(2,3)18(4,24)15(23-10-21-9-22-23)8-13-6-11-5-12(19)7-14(20)16(11)25-13/h5,7,9-10,13,15,24H,6,8H2,1-4H3. The highest BCUT2D eigenvalue weighted by molar-refractivity contribution is 6.35. The van der Waals surface area contributed by atoms with E-state index in [0.717, 1.165) is 5.56 Å². The summed E-state index contributed by atoms with van der Waals surface area (Å²) in [5.74, 6) is 0.684. The van der Waals surface area contributed by atoms with E-state index < -0.39 is 5.60 Å². The van der Waals surface area contributed by atoms with Crippen molar-refractivity contribution in [1.29, 1.82) is 0 Å². The molecule has 0 saturated carbocycles. The van der Waals surface area contributed by atoms with Gasteiger partial charge in [0.1, 0.15) is 24.5 Å². The predicted molar refractivity (Wildman–Crippen MR) is 98.3 cm³/mol. The maximum Gasteiger partial charge on any atom is 0.141 e. The molecule has 1 N–H and O–H groups in total. The minimum Gasteiger partial charge on any atom is -0.488 e. The number of benzene rings is 1. The highest BCUT2D eigenvalue weighted by atomic mass is 35.5. The number of ether oxygens (including phenoxy) is 1. The highest BCUT2D eigenvalue weighted by Crippen LogP contribution is 2.44. The van der Waals surface area contributed by atoms with E-state index in [4.69, 9.17) is 27.9 Å². The van der Waals surface area contributed by atoms with Crippen molar-refractivity contribution in [3.05, 3.63) is 40.4 Å². The lowest BCUT2D eigenvalue weighted by Gasteiger charge is -2.43. The summed E-state index contributed by atoms with van der Waals surface area (Å²) in [6.07, 6.45) is 4.27. The van der Waals surface area contributed by atoms with E-state index in [9.17, 15) is 5.11 Å². The van der Waals surface area contributed by atoms with Gasteiger partial charge in [0, 0.05) is 23.4 Å². The first kappa shape index (κ1) is 18.5. The SMILES string of the molecule is CC(C)(C)C(C)(O)C(CC1Cc2cc(Cl)cc(Cl)c2O1)n1cncn1. The van der Waals surface area contributed by atoms with Gasteiger partial charge in [0.15, 0.2) is 0 Å². The molecule has 2 heterocycles. The normalized spacial score (nSPS) is 20.7. The maximum absolute atomic E-state index is 11.3. The van der Waals surface area contributed by atoms with Crippen LogP contribution in [0.2, 0.25) is 10.0 Å². The number of hydrogen-bond acceptors (Lipinski definition) is 4. The van der Waals surface area contributed by atoms with Crippen molar-refractivity contribution in [2.75, 3.05) is 0 Å². The van der Waals surface area contributed by atoms with Crippen molar-refractivity contribution in [2.24, 2.45) is 5.41 Å². The second kappa shape index (κ2) is 6.45. The number of halogens is 2. The second-order valence-electron chi connectivity index (χ2n) is 7.84. The molecule has 0 spiro atoms. The maximum atomic E-state index is 11.3. The third-order valence-corrected chi connectivity index (χ3v) is 5.73. The van der Waals surface area contributed by atoms with Gasteiger partial charge < -0.3 is 9.84 Å². The summed E-state index contributed by atoms with van der Waals surface area (Å²) in [4.78, 5) is 4.04. The van der Waals surface area contributed by atoms with Crippen LogP contribution >= 0.6 is 23.2 Å². The van der Waals surface area contributed by atoms with Crippen LogP contribution in [0.4, 0.5) is 0 Å². The zero-order valence-corrected chi connectivity index (χ0v) is 16.3. The van der Waals surface area contributed by atoms with Gasteiger partial charge in [0.05, 0.1) is 16.7 Å². The Hall–Kier alpha value is -1.30. The minimum atomic E-state index is -1.01. The number of rotatable bonds is 4. The molecular weight excluding hydrogens is 361 g/mol. The Morgan fingerprint density at radius 2 is 2.04 bits per heavy atom. The molecule has 1 aliphatic rings. The number of aliphatic hydroxyl groups is 1. The lowest BCUT2D eigenvalue weighted by molar-refractivity contribution is -0.0950. The molecule has 7 heteroatoms. The van der Waals surface area contributed by atoms with Crippen molar-refractivity contribution in [1.82, 2.24) is 14.8 Å². The van der Waals surface area contributed by atoms with Gasteiger partial charge in [0.25, 0.3) is 0 Å².